The molecule has 0 saturated heterocycles. The molecule has 0 aliphatic carbocycles. The monoisotopic (exact) mass is 368 g/mol. The van der Waals surface area contributed by atoms with Crippen LogP contribution < -0.4 is 10.6 Å². The summed E-state index contributed by atoms with van der Waals surface area (Å²) < 4.78 is 24.9. The maximum absolute atomic E-state index is 12.5. The molecular formula is C18H16N4O3S. The number of benzene rings is 1. The van der Waals surface area contributed by atoms with E-state index < -0.39 is 9.84 Å². The molecule has 1 aromatic carbocycles. The van der Waals surface area contributed by atoms with Crippen LogP contribution in [0.2, 0.25) is 0 Å². The van der Waals surface area contributed by atoms with Crippen molar-refractivity contribution in [2.75, 3.05) is 5.32 Å². The Labute approximate surface area is 151 Å². The normalized spacial score (nSPS) is 10.9. The van der Waals surface area contributed by atoms with Gasteiger partial charge in [0.2, 0.25) is 9.84 Å². The van der Waals surface area contributed by atoms with Crippen molar-refractivity contribution >= 4 is 21.6 Å². The van der Waals surface area contributed by atoms with Gasteiger partial charge in [-0.15, -0.1) is 0 Å². The van der Waals surface area contributed by atoms with Gasteiger partial charge in [0.25, 0.3) is 0 Å². The Balaban J connectivity index is 1.63. The molecular weight excluding hydrogens is 352 g/mol. The predicted molar refractivity (Wildman–Crippen MR) is 96.2 cm³/mol. The van der Waals surface area contributed by atoms with Crippen molar-refractivity contribution in [1.29, 1.82) is 0 Å². The molecule has 2 N–H and O–H groups in total. The van der Waals surface area contributed by atoms with Crippen LogP contribution in [0.5, 0.6) is 0 Å². The number of hydrogen-bond acceptors (Lipinski definition) is 5. The highest BCUT2D eigenvalue weighted by Gasteiger charge is 2.18. The van der Waals surface area contributed by atoms with Gasteiger partial charge in [0.15, 0.2) is 5.03 Å². The molecule has 0 bridgehead atoms. The van der Waals surface area contributed by atoms with E-state index in [1.165, 1.54) is 36.5 Å². The second kappa shape index (κ2) is 7.75. The minimum atomic E-state index is -3.68. The van der Waals surface area contributed by atoms with Crippen LogP contribution >= 0.6 is 0 Å². The maximum Gasteiger partial charge on any atom is 0.319 e. The summed E-state index contributed by atoms with van der Waals surface area (Å²) in [5.74, 6) is 0. The van der Waals surface area contributed by atoms with Crippen molar-refractivity contribution in [3.05, 3.63) is 78.8 Å². The van der Waals surface area contributed by atoms with Crippen LogP contribution in [0.3, 0.4) is 0 Å². The lowest BCUT2D eigenvalue weighted by Gasteiger charge is -2.09. The van der Waals surface area contributed by atoms with Gasteiger partial charge in [0.1, 0.15) is 0 Å². The average Bonchev–Trinajstić information content (AvgIpc) is 2.68. The molecule has 26 heavy (non-hydrogen) atoms. The number of aromatic nitrogens is 2. The zero-order valence-electron chi connectivity index (χ0n) is 13.7. The molecule has 0 radical (unpaired) electrons. The van der Waals surface area contributed by atoms with E-state index in [4.69, 9.17) is 0 Å². The molecule has 2 heterocycles. The minimum absolute atomic E-state index is 0.0178. The Bertz CT molecular complexity index is 976. The summed E-state index contributed by atoms with van der Waals surface area (Å²) in [5.41, 5.74) is 1.41. The number of amides is 2. The number of sulfone groups is 1. The van der Waals surface area contributed by atoms with Gasteiger partial charge in [0.05, 0.1) is 4.90 Å². The summed E-state index contributed by atoms with van der Waals surface area (Å²) in [5, 5.41) is 5.35. The van der Waals surface area contributed by atoms with E-state index in [0.717, 1.165) is 5.56 Å². The Kier molecular flexibility index (Phi) is 5.23. The first-order valence-electron chi connectivity index (χ1n) is 7.76. The van der Waals surface area contributed by atoms with E-state index in [9.17, 15) is 13.2 Å². The SMILES string of the molecule is O=C(NCc1ccncc1)Nc1ccc(S(=O)(=O)c2ccccn2)cc1. The standard InChI is InChI=1S/C18H16N4O3S/c23-18(21-13-14-8-11-19-12-9-14)22-15-4-6-16(7-5-15)26(24,25)17-3-1-2-10-20-17/h1-12H,13H2,(H2,21,22,23). The number of urea groups is 1. The summed E-state index contributed by atoms with van der Waals surface area (Å²) in [6, 6.07) is 13.8. The number of rotatable bonds is 5. The largest absolute Gasteiger partial charge is 0.334 e. The van der Waals surface area contributed by atoms with E-state index in [0.29, 0.717) is 12.2 Å². The summed E-state index contributed by atoms with van der Waals surface area (Å²) in [7, 11) is -3.68. The number of hydrogen-bond donors (Lipinski definition) is 2. The van der Waals surface area contributed by atoms with E-state index in [1.807, 2.05) is 0 Å². The third kappa shape index (κ3) is 4.22. The van der Waals surface area contributed by atoms with E-state index in [2.05, 4.69) is 20.6 Å². The van der Waals surface area contributed by atoms with E-state index >= 15 is 0 Å². The zero-order valence-corrected chi connectivity index (χ0v) is 14.5. The number of anilines is 1. The second-order valence-corrected chi connectivity index (χ2v) is 7.26. The fourth-order valence-corrected chi connectivity index (χ4v) is 3.40. The zero-order chi connectivity index (χ0) is 18.4. The van der Waals surface area contributed by atoms with E-state index in [-0.39, 0.29) is 16.0 Å². The molecule has 3 aromatic rings. The Morgan fingerprint density at radius 3 is 2.31 bits per heavy atom. The number of nitrogens with zero attached hydrogens (tertiary/aromatic N) is 2. The predicted octanol–water partition coefficient (Wildman–Crippen LogP) is 2.63. The van der Waals surface area contributed by atoms with Gasteiger partial charge in [0, 0.05) is 30.8 Å². The summed E-state index contributed by atoms with van der Waals surface area (Å²) >= 11 is 0. The molecule has 0 aliphatic rings. The molecule has 8 heteroatoms. The first-order valence-corrected chi connectivity index (χ1v) is 9.24. The summed E-state index contributed by atoms with van der Waals surface area (Å²) in [4.78, 5) is 19.8. The van der Waals surface area contributed by atoms with Gasteiger partial charge in [-0.25, -0.2) is 18.2 Å². The van der Waals surface area contributed by atoms with Crippen molar-refractivity contribution in [1.82, 2.24) is 15.3 Å². The third-order valence-electron chi connectivity index (χ3n) is 3.54. The average molecular weight is 368 g/mol. The topological polar surface area (TPSA) is 101 Å². The minimum Gasteiger partial charge on any atom is -0.334 e. The van der Waals surface area contributed by atoms with Crippen molar-refractivity contribution < 1.29 is 13.2 Å². The lowest BCUT2D eigenvalue weighted by Crippen LogP contribution is -2.28. The highest BCUT2D eigenvalue weighted by molar-refractivity contribution is 7.91. The summed E-state index contributed by atoms with van der Waals surface area (Å²) in [6.07, 6.45) is 4.72. The second-order valence-electron chi connectivity index (χ2n) is 5.36. The number of carbonyl (C=O) groups is 1. The van der Waals surface area contributed by atoms with Crippen LogP contribution in [0.1, 0.15) is 5.56 Å². The van der Waals surface area contributed by atoms with Crippen molar-refractivity contribution in [2.45, 2.75) is 16.5 Å². The fourth-order valence-electron chi connectivity index (χ4n) is 2.20. The van der Waals surface area contributed by atoms with Gasteiger partial charge in [-0.3, -0.25) is 4.98 Å². The molecule has 3 rings (SSSR count). The first kappa shape index (κ1) is 17.6. The molecule has 0 unspecified atom stereocenters. The van der Waals surface area contributed by atoms with Crippen LogP contribution in [0.4, 0.5) is 10.5 Å². The quantitative estimate of drug-likeness (QED) is 0.721. The Morgan fingerprint density at radius 2 is 1.65 bits per heavy atom. The highest BCUT2D eigenvalue weighted by atomic mass is 32.2. The van der Waals surface area contributed by atoms with Crippen LogP contribution in [0.25, 0.3) is 0 Å². The molecule has 2 aromatic heterocycles. The Morgan fingerprint density at radius 1 is 0.923 bits per heavy atom. The summed E-state index contributed by atoms with van der Waals surface area (Å²) in [6.45, 7) is 0.362. The maximum atomic E-state index is 12.5. The van der Waals surface area contributed by atoms with Crippen LogP contribution in [0.15, 0.2) is 83.1 Å². The highest BCUT2D eigenvalue weighted by Crippen LogP contribution is 2.20. The number of nitrogens with one attached hydrogen (secondary N) is 2. The molecule has 2 amide bonds. The molecule has 0 aliphatic heterocycles. The van der Waals surface area contributed by atoms with Crippen molar-refractivity contribution in [2.24, 2.45) is 0 Å². The van der Waals surface area contributed by atoms with Crippen LogP contribution in [-0.4, -0.2) is 24.4 Å². The van der Waals surface area contributed by atoms with Crippen molar-refractivity contribution in [3.8, 4) is 0 Å². The lowest BCUT2D eigenvalue weighted by molar-refractivity contribution is 0.251. The van der Waals surface area contributed by atoms with Gasteiger partial charge in [-0.1, -0.05) is 6.07 Å². The van der Waals surface area contributed by atoms with Crippen LogP contribution in [0, 0.1) is 0 Å². The van der Waals surface area contributed by atoms with Gasteiger partial charge in [-0.2, -0.15) is 0 Å². The third-order valence-corrected chi connectivity index (χ3v) is 5.22. The van der Waals surface area contributed by atoms with Gasteiger partial charge >= 0.3 is 6.03 Å². The molecule has 132 valence electrons. The first-order chi connectivity index (χ1) is 12.6. The smallest absolute Gasteiger partial charge is 0.319 e. The molecule has 0 fully saturated rings. The molecule has 7 nitrogen and oxygen atoms in total. The fraction of sp³-hybridized carbons (Fsp3) is 0.0556. The number of carbonyl (C=O) groups excluding carboxylic acids is 1. The van der Waals surface area contributed by atoms with Crippen LogP contribution in [-0.2, 0) is 16.4 Å². The van der Waals surface area contributed by atoms with Crippen molar-refractivity contribution in [3.63, 3.8) is 0 Å². The number of pyridine rings is 2. The molecule has 0 saturated carbocycles. The lowest BCUT2D eigenvalue weighted by atomic mass is 10.3. The Hall–Kier alpha value is -3.26. The van der Waals surface area contributed by atoms with E-state index in [1.54, 1.807) is 36.7 Å². The molecule has 0 atom stereocenters. The van der Waals surface area contributed by atoms with Gasteiger partial charge in [-0.05, 0) is 54.1 Å². The molecule has 0 spiro atoms. The van der Waals surface area contributed by atoms with Gasteiger partial charge < -0.3 is 10.6 Å².